The summed E-state index contributed by atoms with van der Waals surface area (Å²) in [6.45, 7) is 6.11. The zero-order valence-corrected chi connectivity index (χ0v) is 18.4. The molecule has 5 nitrogen and oxygen atoms in total. The van der Waals surface area contributed by atoms with Crippen molar-refractivity contribution in [2.45, 2.75) is 50.7 Å². The van der Waals surface area contributed by atoms with E-state index in [1.54, 1.807) is 18.9 Å². The van der Waals surface area contributed by atoms with Gasteiger partial charge in [-0.3, -0.25) is 9.59 Å². The van der Waals surface area contributed by atoms with Gasteiger partial charge in [0.05, 0.1) is 12.9 Å². The topological polar surface area (TPSA) is 58.6 Å². The molecular formula is C23H30N2O3S. The van der Waals surface area contributed by atoms with Crippen LogP contribution in [0.15, 0.2) is 59.5 Å². The van der Waals surface area contributed by atoms with E-state index in [2.05, 4.69) is 5.32 Å². The maximum absolute atomic E-state index is 13.1. The highest BCUT2D eigenvalue weighted by Crippen LogP contribution is 2.20. The van der Waals surface area contributed by atoms with Gasteiger partial charge in [-0.25, -0.2) is 0 Å². The van der Waals surface area contributed by atoms with Crippen LogP contribution in [0.3, 0.4) is 0 Å². The van der Waals surface area contributed by atoms with Gasteiger partial charge in [-0.1, -0.05) is 37.3 Å². The Morgan fingerprint density at radius 1 is 1.10 bits per heavy atom. The van der Waals surface area contributed by atoms with E-state index in [0.29, 0.717) is 6.54 Å². The van der Waals surface area contributed by atoms with Crippen LogP contribution >= 0.6 is 11.8 Å². The SMILES string of the molecule is CC[C@H](C)NC(=O)[C@@H](C)N(Cc1cccc(OC)c1)C(=O)CSc1ccccc1. The Morgan fingerprint density at radius 2 is 1.83 bits per heavy atom. The van der Waals surface area contributed by atoms with Gasteiger partial charge < -0.3 is 15.0 Å². The van der Waals surface area contributed by atoms with Gasteiger partial charge in [0.15, 0.2) is 0 Å². The third-order valence-electron chi connectivity index (χ3n) is 4.76. The molecule has 0 saturated heterocycles. The molecule has 6 heteroatoms. The van der Waals surface area contributed by atoms with E-state index in [9.17, 15) is 9.59 Å². The van der Waals surface area contributed by atoms with E-state index in [1.165, 1.54) is 11.8 Å². The second-order valence-electron chi connectivity index (χ2n) is 6.97. The Labute approximate surface area is 177 Å². The molecule has 2 aromatic rings. The molecule has 0 bridgehead atoms. The van der Waals surface area contributed by atoms with Gasteiger partial charge in [0.1, 0.15) is 11.8 Å². The number of nitrogens with one attached hydrogen (secondary N) is 1. The fourth-order valence-electron chi connectivity index (χ4n) is 2.76. The number of carbonyl (C=O) groups excluding carboxylic acids is 2. The Hall–Kier alpha value is -2.47. The average Bonchev–Trinajstić information content (AvgIpc) is 2.76. The predicted octanol–water partition coefficient (Wildman–Crippen LogP) is 4.12. The standard InChI is InChI=1S/C23H30N2O3S/c1-5-17(2)24-23(27)18(3)25(15-19-10-9-11-20(14-19)28-4)22(26)16-29-21-12-7-6-8-13-21/h6-14,17-18H,5,15-16H2,1-4H3,(H,24,27)/t17-,18+/m0/s1. The number of rotatable bonds is 10. The summed E-state index contributed by atoms with van der Waals surface area (Å²) in [7, 11) is 1.61. The van der Waals surface area contributed by atoms with Gasteiger partial charge in [-0.15, -0.1) is 11.8 Å². The molecule has 29 heavy (non-hydrogen) atoms. The summed E-state index contributed by atoms with van der Waals surface area (Å²) < 4.78 is 5.29. The molecule has 2 amide bonds. The zero-order chi connectivity index (χ0) is 21.2. The van der Waals surface area contributed by atoms with Crippen molar-refractivity contribution in [3.8, 4) is 5.75 Å². The van der Waals surface area contributed by atoms with E-state index in [0.717, 1.165) is 22.6 Å². The van der Waals surface area contributed by atoms with Crippen molar-refractivity contribution in [3.05, 3.63) is 60.2 Å². The lowest BCUT2D eigenvalue weighted by Crippen LogP contribution is -2.50. The number of hydrogen-bond donors (Lipinski definition) is 1. The number of amides is 2. The van der Waals surface area contributed by atoms with Crippen molar-refractivity contribution in [1.82, 2.24) is 10.2 Å². The quantitative estimate of drug-likeness (QED) is 0.594. The average molecular weight is 415 g/mol. The van der Waals surface area contributed by atoms with E-state index in [-0.39, 0.29) is 23.6 Å². The summed E-state index contributed by atoms with van der Waals surface area (Å²) in [5, 5.41) is 2.98. The third-order valence-corrected chi connectivity index (χ3v) is 5.76. The van der Waals surface area contributed by atoms with Crippen molar-refractivity contribution in [3.63, 3.8) is 0 Å². The molecule has 0 aliphatic heterocycles. The van der Waals surface area contributed by atoms with E-state index in [1.807, 2.05) is 68.4 Å². The summed E-state index contributed by atoms with van der Waals surface area (Å²) in [6, 6.07) is 16.9. The van der Waals surface area contributed by atoms with Gasteiger partial charge >= 0.3 is 0 Å². The molecule has 0 aliphatic carbocycles. The van der Waals surface area contributed by atoms with Gasteiger partial charge in [-0.2, -0.15) is 0 Å². The minimum atomic E-state index is -0.570. The van der Waals surface area contributed by atoms with E-state index in [4.69, 9.17) is 4.74 Å². The molecule has 0 aliphatic rings. The van der Waals surface area contributed by atoms with Crippen molar-refractivity contribution in [2.75, 3.05) is 12.9 Å². The number of thioether (sulfide) groups is 1. The van der Waals surface area contributed by atoms with Crippen molar-refractivity contribution >= 4 is 23.6 Å². The molecule has 0 radical (unpaired) electrons. The number of carbonyl (C=O) groups is 2. The van der Waals surface area contributed by atoms with Gasteiger partial charge in [0.25, 0.3) is 0 Å². The van der Waals surface area contributed by atoms with Crippen LogP contribution in [0.4, 0.5) is 0 Å². The molecule has 0 saturated carbocycles. The Morgan fingerprint density at radius 3 is 2.48 bits per heavy atom. The van der Waals surface area contributed by atoms with E-state index < -0.39 is 6.04 Å². The second-order valence-corrected chi connectivity index (χ2v) is 8.02. The molecule has 0 spiro atoms. The first-order chi connectivity index (χ1) is 13.9. The third kappa shape index (κ3) is 7.13. The first-order valence-electron chi connectivity index (χ1n) is 9.85. The first kappa shape index (κ1) is 22.8. The highest BCUT2D eigenvalue weighted by molar-refractivity contribution is 8.00. The monoisotopic (exact) mass is 414 g/mol. The molecule has 0 aromatic heterocycles. The molecule has 0 heterocycles. The van der Waals surface area contributed by atoms with Crippen LogP contribution in [0, 0.1) is 0 Å². The van der Waals surface area contributed by atoms with Crippen molar-refractivity contribution < 1.29 is 14.3 Å². The fourth-order valence-corrected chi connectivity index (χ4v) is 3.57. The molecule has 0 fully saturated rings. The molecule has 2 atom stereocenters. The molecule has 2 rings (SSSR count). The highest BCUT2D eigenvalue weighted by atomic mass is 32.2. The number of nitrogens with zero attached hydrogens (tertiary/aromatic N) is 1. The first-order valence-corrected chi connectivity index (χ1v) is 10.8. The Kier molecular flexibility index (Phi) is 9.06. The van der Waals surface area contributed by atoms with Gasteiger partial charge in [-0.05, 0) is 50.1 Å². The smallest absolute Gasteiger partial charge is 0.242 e. The number of methoxy groups -OCH3 is 1. The summed E-state index contributed by atoms with van der Waals surface area (Å²) in [4.78, 5) is 28.4. The van der Waals surface area contributed by atoms with Crippen LogP contribution in [0.1, 0.15) is 32.8 Å². The fraction of sp³-hybridized carbons (Fsp3) is 0.391. The van der Waals surface area contributed by atoms with Crippen LogP contribution in [0.5, 0.6) is 5.75 Å². The van der Waals surface area contributed by atoms with Gasteiger partial charge in [0, 0.05) is 17.5 Å². The maximum atomic E-state index is 13.1. The maximum Gasteiger partial charge on any atom is 0.242 e. The van der Waals surface area contributed by atoms with Crippen LogP contribution in [-0.2, 0) is 16.1 Å². The summed E-state index contributed by atoms with van der Waals surface area (Å²) in [5.41, 5.74) is 0.922. The largest absolute Gasteiger partial charge is 0.497 e. The van der Waals surface area contributed by atoms with Crippen LogP contribution in [-0.4, -0.2) is 41.7 Å². The summed E-state index contributed by atoms with van der Waals surface area (Å²) >= 11 is 1.47. The number of hydrogen-bond acceptors (Lipinski definition) is 4. The molecule has 1 N–H and O–H groups in total. The minimum absolute atomic E-state index is 0.0671. The van der Waals surface area contributed by atoms with Gasteiger partial charge in [0.2, 0.25) is 11.8 Å². The molecule has 2 aromatic carbocycles. The summed E-state index contributed by atoms with van der Waals surface area (Å²) in [5.74, 6) is 0.786. The van der Waals surface area contributed by atoms with E-state index >= 15 is 0 Å². The van der Waals surface area contributed by atoms with Crippen molar-refractivity contribution in [1.29, 1.82) is 0 Å². The molecule has 156 valence electrons. The van der Waals surface area contributed by atoms with Crippen LogP contribution in [0.25, 0.3) is 0 Å². The molecule has 0 unspecified atom stereocenters. The Bertz CT molecular complexity index is 798. The second kappa shape index (κ2) is 11.5. The number of benzene rings is 2. The normalized spacial score (nSPS) is 12.7. The van der Waals surface area contributed by atoms with Crippen LogP contribution in [0.2, 0.25) is 0 Å². The van der Waals surface area contributed by atoms with Crippen LogP contribution < -0.4 is 10.1 Å². The lowest BCUT2D eigenvalue weighted by molar-refractivity contribution is -0.138. The zero-order valence-electron chi connectivity index (χ0n) is 17.6. The lowest BCUT2D eigenvalue weighted by atomic mass is 10.1. The lowest BCUT2D eigenvalue weighted by Gasteiger charge is -2.29. The summed E-state index contributed by atoms with van der Waals surface area (Å²) in [6.07, 6.45) is 0.839. The number of ether oxygens (including phenoxy) is 1. The molecular weight excluding hydrogens is 384 g/mol. The Balaban J connectivity index is 2.16. The minimum Gasteiger partial charge on any atom is -0.497 e. The van der Waals surface area contributed by atoms with Crippen molar-refractivity contribution in [2.24, 2.45) is 0 Å². The predicted molar refractivity (Wildman–Crippen MR) is 118 cm³/mol. The highest BCUT2D eigenvalue weighted by Gasteiger charge is 2.26.